The van der Waals surface area contributed by atoms with Crippen LogP contribution in [0.1, 0.15) is 20.8 Å². The van der Waals surface area contributed by atoms with E-state index in [1.54, 1.807) is 0 Å². The summed E-state index contributed by atoms with van der Waals surface area (Å²) in [6.45, 7) is 10.2. The molecule has 13 heavy (non-hydrogen) atoms. The number of likely N-dealkylation sites (N-methyl/N-ethyl adjacent to an activating group) is 3. The molecule has 5 heteroatoms. The molecule has 0 amide bonds. The Balaban J connectivity index is 4.19. The standard InChI is InChI=1S/C8H24N4Si/c1-4-9-8(7-12-13,10-5-2)11-6-3/h9-12H,4-7H2,1-3,13H3. The van der Waals surface area contributed by atoms with E-state index < -0.39 is 0 Å². The van der Waals surface area contributed by atoms with E-state index in [1.165, 1.54) is 0 Å². The predicted molar refractivity (Wildman–Crippen MR) is 61.7 cm³/mol. The Hall–Kier alpha value is 0.0569. The molecule has 0 aromatic heterocycles. The van der Waals surface area contributed by atoms with Crippen LogP contribution >= 0.6 is 0 Å². The van der Waals surface area contributed by atoms with Gasteiger partial charge in [-0.3, -0.25) is 16.0 Å². The molecule has 80 valence electrons. The Morgan fingerprint density at radius 2 is 1.31 bits per heavy atom. The van der Waals surface area contributed by atoms with Gasteiger partial charge in [-0.1, -0.05) is 20.8 Å². The number of nitrogens with one attached hydrogen (secondary N) is 4. The lowest BCUT2D eigenvalue weighted by Gasteiger charge is -2.36. The molecule has 0 heterocycles. The third kappa shape index (κ3) is 4.73. The molecule has 0 bridgehead atoms. The van der Waals surface area contributed by atoms with Gasteiger partial charge in [-0.05, 0) is 19.6 Å². The van der Waals surface area contributed by atoms with Gasteiger partial charge in [0.1, 0.15) is 5.79 Å². The van der Waals surface area contributed by atoms with Gasteiger partial charge in [-0.2, -0.15) is 0 Å². The molecule has 0 saturated heterocycles. The van der Waals surface area contributed by atoms with Gasteiger partial charge in [0.2, 0.25) is 0 Å². The van der Waals surface area contributed by atoms with Gasteiger partial charge in [0.15, 0.2) is 0 Å². The third-order valence-corrected chi connectivity index (χ3v) is 2.23. The highest BCUT2D eigenvalue weighted by Gasteiger charge is 2.24. The first-order valence-electron chi connectivity index (χ1n) is 5.14. The maximum absolute atomic E-state index is 3.44. The molecule has 4 N–H and O–H groups in total. The molecule has 0 saturated carbocycles. The summed E-state index contributed by atoms with van der Waals surface area (Å²) in [5.74, 6) is -0.125. The Morgan fingerprint density at radius 3 is 1.54 bits per heavy atom. The summed E-state index contributed by atoms with van der Waals surface area (Å²) in [4.78, 5) is 3.31. The molecule has 0 atom stereocenters. The largest absolute Gasteiger partial charge is 0.341 e. The van der Waals surface area contributed by atoms with Crippen molar-refractivity contribution in [3.63, 3.8) is 0 Å². The maximum Gasteiger partial charge on any atom is 0.135 e. The zero-order valence-electron chi connectivity index (χ0n) is 9.33. The topological polar surface area (TPSA) is 48.1 Å². The molecule has 0 unspecified atom stereocenters. The van der Waals surface area contributed by atoms with Crippen LogP contribution < -0.4 is 20.9 Å². The van der Waals surface area contributed by atoms with Crippen molar-refractivity contribution in [2.75, 3.05) is 26.2 Å². The molecule has 0 radical (unpaired) electrons. The Kier molecular flexibility index (Phi) is 7.49. The molecule has 0 aliphatic heterocycles. The fraction of sp³-hybridized carbons (Fsp3) is 1.00. The lowest BCUT2D eigenvalue weighted by Crippen LogP contribution is -2.70. The molecule has 4 nitrogen and oxygen atoms in total. The minimum absolute atomic E-state index is 0.125. The smallest absolute Gasteiger partial charge is 0.135 e. The van der Waals surface area contributed by atoms with Gasteiger partial charge in [0.05, 0.1) is 10.4 Å². The van der Waals surface area contributed by atoms with Gasteiger partial charge >= 0.3 is 0 Å². The van der Waals surface area contributed by atoms with Crippen molar-refractivity contribution in [3.05, 3.63) is 0 Å². The van der Waals surface area contributed by atoms with Crippen molar-refractivity contribution in [1.82, 2.24) is 20.9 Å². The van der Waals surface area contributed by atoms with Crippen LogP contribution in [0.15, 0.2) is 0 Å². The normalized spacial score (nSPS) is 12.2. The van der Waals surface area contributed by atoms with Crippen LogP contribution in [0.4, 0.5) is 0 Å². The average Bonchev–Trinajstić information content (AvgIpc) is 2.06. The average molecular weight is 204 g/mol. The Labute approximate surface area is 84.7 Å². The molecule has 0 aromatic rings. The summed E-state index contributed by atoms with van der Waals surface area (Å²) >= 11 is 0. The molecule has 0 rings (SSSR count). The van der Waals surface area contributed by atoms with Crippen LogP contribution in [0.3, 0.4) is 0 Å². The SMILES string of the molecule is CCNC(CN[SiH3])(NCC)NCC. The highest BCUT2D eigenvalue weighted by molar-refractivity contribution is 6.04. The zero-order chi connectivity index (χ0) is 10.2. The number of hydrogen-bond donors (Lipinski definition) is 4. The van der Waals surface area contributed by atoms with E-state index in [-0.39, 0.29) is 5.79 Å². The van der Waals surface area contributed by atoms with Crippen molar-refractivity contribution in [1.29, 1.82) is 0 Å². The minimum Gasteiger partial charge on any atom is -0.341 e. The van der Waals surface area contributed by atoms with Crippen LogP contribution in [-0.2, 0) is 0 Å². The first kappa shape index (κ1) is 13.1. The quantitative estimate of drug-likeness (QED) is 0.282. The van der Waals surface area contributed by atoms with Gasteiger partial charge in [0.25, 0.3) is 0 Å². The van der Waals surface area contributed by atoms with Crippen LogP contribution in [0.2, 0.25) is 0 Å². The summed E-state index contributed by atoms with van der Waals surface area (Å²) in [5.41, 5.74) is 0. The third-order valence-electron chi connectivity index (χ3n) is 1.88. The summed E-state index contributed by atoms with van der Waals surface area (Å²) in [6.07, 6.45) is 0. The van der Waals surface area contributed by atoms with Crippen LogP contribution in [0.5, 0.6) is 0 Å². The van der Waals surface area contributed by atoms with Crippen molar-refractivity contribution >= 4 is 10.4 Å². The van der Waals surface area contributed by atoms with Crippen molar-refractivity contribution in [2.24, 2.45) is 0 Å². The Morgan fingerprint density at radius 1 is 0.923 bits per heavy atom. The molecule has 0 aliphatic rings. The lowest BCUT2D eigenvalue weighted by molar-refractivity contribution is 0.212. The summed E-state index contributed by atoms with van der Waals surface area (Å²) < 4.78 is 0. The summed E-state index contributed by atoms with van der Waals surface area (Å²) in [6, 6.07) is 0. The number of hydrogen-bond acceptors (Lipinski definition) is 4. The fourth-order valence-corrected chi connectivity index (χ4v) is 2.08. The maximum atomic E-state index is 3.44. The summed E-state index contributed by atoms with van der Waals surface area (Å²) in [7, 11) is 1.02. The first-order chi connectivity index (χ1) is 6.24. The van der Waals surface area contributed by atoms with E-state index in [9.17, 15) is 0 Å². The fourth-order valence-electron chi connectivity index (χ4n) is 1.55. The molecular weight excluding hydrogens is 180 g/mol. The zero-order valence-corrected chi connectivity index (χ0v) is 11.3. The number of rotatable bonds is 8. The first-order valence-corrected chi connectivity index (χ1v) is 6.14. The highest BCUT2D eigenvalue weighted by atomic mass is 28.2. The molecule has 0 aromatic carbocycles. The molecule has 0 aliphatic carbocycles. The molecule has 0 fully saturated rings. The highest BCUT2D eigenvalue weighted by Crippen LogP contribution is 1.92. The van der Waals surface area contributed by atoms with Crippen molar-refractivity contribution in [3.8, 4) is 0 Å². The summed E-state index contributed by atoms with van der Waals surface area (Å²) in [5, 5.41) is 10.3. The predicted octanol–water partition coefficient (Wildman–Crippen LogP) is -1.66. The van der Waals surface area contributed by atoms with Crippen LogP contribution in [-0.4, -0.2) is 42.4 Å². The second-order valence-electron chi connectivity index (χ2n) is 3.03. The lowest BCUT2D eigenvalue weighted by atomic mass is 10.3. The second-order valence-corrected chi connectivity index (χ2v) is 3.73. The van der Waals surface area contributed by atoms with Crippen LogP contribution in [0, 0.1) is 0 Å². The van der Waals surface area contributed by atoms with E-state index >= 15 is 0 Å². The second kappa shape index (κ2) is 7.46. The van der Waals surface area contributed by atoms with Crippen molar-refractivity contribution in [2.45, 2.75) is 26.6 Å². The van der Waals surface area contributed by atoms with Crippen molar-refractivity contribution < 1.29 is 0 Å². The van der Waals surface area contributed by atoms with E-state index in [4.69, 9.17) is 0 Å². The van der Waals surface area contributed by atoms with Gasteiger partial charge < -0.3 is 4.98 Å². The van der Waals surface area contributed by atoms with E-state index in [2.05, 4.69) is 41.7 Å². The molecule has 0 spiro atoms. The van der Waals surface area contributed by atoms with E-state index in [0.717, 1.165) is 36.6 Å². The van der Waals surface area contributed by atoms with E-state index in [1.807, 2.05) is 0 Å². The van der Waals surface area contributed by atoms with Crippen LogP contribution in [0.25, 0.3) is 0 Å². The van der Waals surface area contributed by atoms with Gasteiger partial charge in [-0.25, -0.2) is 0 Å². The Bertz CT molecular complexity index is 91.2. The van der Waals surface area contributed by atoms with E-state index in [0.29, 0.717) is 0 Å². The van der Waals surface area contributed by atoms with Gasteiger partial charge in [0, 0.05) is 6.54 Å². The minimum atomic E-state index is -0.125. The van der Waals surface area contributed by atoms with Gasteiger partial charge in [-0.15, -0.1) is 0 Å². The molecular formula is C8H24N4Si. The monoisotopic (exact) mass is 204 g/mol.